The molecule has 0 fully saturated rings. The smallest absolute Gasteiger partial charge is 0.411 e. The second-order valence-electron chi connectivity index (χ2n) is 3.12. The highest BCUT2D eigenvalue weighted by molar-refractivity contribution is 14.1. The van der Waals surface area contributed by atoms with Gasteiger partial charge in [0.25, 0.3) is 0 Å². The summed E-state index contributed by atoms with van der Waals surface area (Å²) in [6.07, 6.45) is -0.624. The minimum absolute atomic E-state index is 0.249. The molecule has 0 aliphatic heterocycles. The Morgan fingerprint density at radius 2 is 2.18 bits per heavy atom. The molecule has 1 aromatic rings. The van der Waals surface area contributed by atoms with Crippen molar-refractivity contribution in [2.24, 2.45) is 0 Å². The fourth-order valence-electron chi connectivity index (χ4n) is 1.22. The quantitative estimate of drug-likeness (QED) is 0.644. The monoisotopic (exact) mass is 349 g/mol. The third-order valence-corrected chi connectivity index (χ3v) is 2.61. The van der Waals surface area contributed by atoms with Crippen LogP contribution in [-0.4, -0.2) is 30.2 Å². The molecule has 92 valence electrons. The summed E-state index contributed by atoms with van der Waals surface area (Å²) in [6, 6.07) is 4.94. The van der Waals surface area contributed by atoms with Gasteiger partial charge in [-0.2, -0.15) is 0 Å². The molecule has 1 aromatic carbocycles. The van der Waals surface area contributed by atoms with Gasteiger partial charge in [-0.15, -0.1) is 0 Å². The summed E-state index contributed by atoms with van der Waals surface area (Å²) >= 11 is 2.04. The maximum absolute atomic E-state index is 11.5. The van der Waals surface area contributed by atoms with Gasteiger partial charge in [0.1, 0.15) is 6.61 Å². The van der Waals surface area contributed by atoms with Crippen LogP contribution >= 0.6 is 22.6 Å². The van der Waals surface area contributed by atoms with E-state index < -0.39 is 18.5 Å². The number of halogens is 1. The van der Waals surface area contributed by atoms with Gasteiger partial charge in [0.05, 0.1) is 12.3 Å². The van der Waals surface area contributed by atoms with Crippen molar-refractivity contribution in [3.05, 3.63) is 27.3 Å². The van der Waals surface area contributed by atoms with Crippen LogP contribution < -0.4 is 5.32 Å². The lowest BCUT2D eigenvalue weighted by Crippen LogP contribution is -2.17. The molecule has 6 heteroatoms. The standard InChI is InChI=1S/C11H12INO4/c1-2-17-11(16)13-9-4-3-7(12)5-8(9)10(15)6-14/h3-5,14H,2,6H2,1H3,(H,13,16). The Labute approximate surface area is 112 Å². The molecule has 0 bridgehead atoms. The number of ether oxygens (including phenoxy) is 1. The van der Waals surface area contributed by atoms with Gasteiger partial charge in [0.2, 0.25) is 0 Å². The summed E-state index contributed by atoms with van der Waals surface area (Å²) < 4.78 is 5.56. The van der Waals surface area contributed by atoms with Gasteiger partial charge in [-0.05, 0) is 47.7 Å². The summed E-state index contributed by atoms with van der Waals surface area (Å²) in [6.45, 7) is 1.34. The highest BCUT2D eigenvalue weighted by Gasteiger charge is 2.13. The topological polar surface area (TPSA) is 75.6 Å². The van der Waals surface area contributed by atoms with Crippen LogP contribution in [0, 0.1) is 3.57 Å². The van der Waals surface area contributed by atoms with E-state index in [1.807, 2.05) is 22.6 Å². The van der Waals surface area contributed by atoms with E-state index >= 15 is 0 Å². The van der Waals surface area contributed by atoms with Crippen LogP contribution in [0.1, 0.15) is 17.3 Å². The average molecular weight is 349 g/mol. The number of carbonyl (C=O) groups is 2. The van der Waals surface area contributed by atoms with Crippen molar-refractivity contribution < 1.29 is 19.4 Å². The number of amides is 1. The van der Waals surface area contributed by atoms with Crippen LogP contribution in [0.4, 0.5) is 10.5 Å². The lowest BCUT2D eigenvalue weighted by atomic mass is 10.1. The van der Waals surface area contributed by atoms with E-state index in [0.29, 0.717) is 5.69 Å². The average Bonchev–Trinajstić information content (AvgIpc) is 2.30. The van der Waals surface area contributed by atoms with Crippen LogP contribution in [0.25, 0.3) is 0 Å². The molecule has 0 aromatic heterocycles. The first kappa shape index (κ1) is 13.9. The summed E-state index contributed by atoms with van der Waals surface area (Å²) in [5.41, 5.74) is 0.607. The molecule has 0 aliphatic rings. The Hall–Kier alpha value is -1.15. The van der Waals surface area contributed by atoms with Gasteiger partial charge in [0, 0.05) is 9.13 Å². The summed E-state index contributed by atoms with van der Waals surface area (Å²) in [4.78, 5) is 22.7. The Morgan fingerprint density at radius 1 is 1.47 bits per heavy atom. The highest BCUT2D eigenvalue weighted by Crippen LogP contribution is 2.19. The fourth-order valence-corrected chi connectivity index (χ4v) is 1.71. The normalized spacial score (nSPS) is 9.82. The molecule has 0 saturated heterocycles. The Balaban J connectivity index is 2.98. The molecular formula is C11H12INO4. The van der Waals surface area contributed by atoms with Crippen molar-refractivity contribution >= 4 is 40.2 Å². The van der Waals surface area contributed by atoms with Crippen molar-refractivity contribution in [2.45, 2.75) is 6.92 Å². The van der Waals surface area contributed by atoms with Crippen molar-refractivity contribution in [1.29, 1.82) is 0 Å². The predicted molar refractivity (Wildman–Crippen MR) is 71.2 cm³/mol. The lowest BCUT2D eigenvalue weighted by molar-refractivity contribution is 0.0904. The Morgan fingerprint density at radius 3 is 2.76 bits per heavy atom. The molecule has 0 heterocycles. The van der Waals surface area contributed by atoms with Crippen LogP contribution in [0.3, 0.4) is 0 Å². The molecule has 0 atom stereocenters. The molecule has 17 heavy (non-hydrogen) atoms. The molecule has 2 N–H and O–H groups in total. The number of aliphatic hydroxyl groups is 1. The SMILES string of the molecule is CCOC(=O)Nc1ccc(I)cc1C(=O)CO. The maximum Gasteiger partial charge on any atom is 0.411 e. The molecular weight excluding hydrogens is 337 g/mol. The zero-order valence-electron chi connectivity index (χ0n) is 9.20. The molecule has 0 radical (unpaired) electrons. The van der Waals surface area contributed by atoms with Gasteiger partial charge >= 0.3 is 6.09 Å². The molecule has 1 rings (SSSR count). The lowest BCUT2D eigenvalue weighted by Gasteiger charge is -2.09. The first-order chi connectivity index (χ1) is 8.08. The van der Waals surface area contributed by atoms with Crippen LogP contribution in [0.2, 0.25) is 0 Å². The van der Waals surface area contributed by atoms with Gasteiger partial charge in [-0.3, -0.25) is 10.1 Å². The summed E-state index contributed by atoms with van der Waals surface area (Å²) in [5, 5.41) is 11.3. The van der Waals surface area contributed by atoms with Crippen molar-refractivity contribution in [2.75, 3.05) is 18.5 Å². The third-order valence-electron chi connectivity index (χ3n) is 1.94. The number of Topliss-reactive ketones (excluding diaryl/α,β-unsaturated/α-hetero) is 1. The van der Waals surface area contributed by atoms with E-state index in [4.69, 9.17) is 9.84 Å². The number of rotatable bonds is 4. The first-order valence-electron chi connectivity index (χ1n) is 4.95. The number of benzene rings is 1. The Bertz CT molecular complexity index is 433. The summed E-state index contributed by atoms with van der Waals surface area (Å²) in [7, 11) is 0. The number of hydrogen-bond acceptors (Lipinski definition) is 4. The van der Waals surface area contributed by atoms with Crippen molar-refractivity contribution in [3.63, 3.8) is 0 Å². The largest absolute Gasteiger partial charge is 0.450 e. The minimum Gasteiger partial charge on any atom is -0.450 e. The van der Waals surface area contributed by atoms with Crippen molar-refractivity contribution in [3.8, 4) is 0 Å². The Kier molecular flexibility index (Phi) is 5.36. The number of anilines is 1. The number of aliphatic hydroxyl groups excluding tert-OH is 1. The van der Waals surface area contributed by atoms with Crippen molar-refractivity contribution in [1.82, 2.24) is 0 Å². The minimum atomic E-state index is -0.624. The van der Waals surface area contributed by atoms with E-state index in [1.54, 1.807) is 25.1 Å². The van der Waals surface area contributed by atoms with Gasteiger partial charge in [-0.25, -0.2) is 4.79 Å². The van der Waals surface area contributed by atoms with E-state index in [0.717, 1.165) is 3.57 Å². The molecule has 0 saturated carbocycles. The molecule has 5 nitrogen and oxygen atoms in total. The second-order valence-corrected chi connectivity index (χ2v) is 4.36. The second kappa shape index (κ2) is 6.55. The molecule has 0 unspecified atom stereocenters. The number of nitrogens with one attached hydrogen (secondary N) is 1. The third kappa shape index (κ3) is 3.97. The van der Waals surface area contributed by atoms with E-state index in [-0.39, 0.29) is 12.2 Å². The molecule has 0 aliphatic carbocycles. The zero-order chi connectivity index (χ0) is 12.8. The van der Waals surface area contributed by atoms with E-state index in [2.05, 4.69) is 5.32 Å². The van der Waals surface area contributed by atoms with Crippen LogP contribution in [0.5, 0.6) is 0 Å². The molecule has 1 amide bonds. The molecule has 0 spiro atoms. The van der Waals surface area contributed by atoms with E-state index in [9.17, 15) is 9.59 Å². The number of ketones is 1. The predicted octanol–water partition coefficient (Wildman–Crippen LogP) is 2.03. The van der Waals surface area contributed by atoms with Gasteiger partial charge in [-0.1, -0.05) is 0 Å². The fraction of sp³-hybridized carbons (Fsp3) is 0.273. The summed E-state index contributed by atoms with van der Waals surface area (Å²) in [5.74, 6) is -0.449. The number of carbonyl (C=O) groups excluding carboxylic acids is 2. The zero-order valence-corrected chi connectivity index (χ0v) is 11.4. The maximum atomic E-state index is 11.5. The van der Waals surface area contributed by atoms with Crippen LogP contribution in [0.15, 0.2) is 18.2 Å². The van der Waals surface area contributed by atoms with Gasteiger partial charge in [0.15, 0.2) is 5.78 Å². The first-order valence-corrected chi connectivity index (χ1v) is 6.03. The number of hydrogen-bond donors (Lipinski definition) is 2. The van der Waals surface area contributed by atoms with Gasteiger partial charge < -0.3 is 9.84 Å². The van der Waals surface area contributed by atoms with Crippen LogP contribution in [-0.2, 0) is 4.74 Å². The van der Waals surface area contributed by atoms with E-state index in [1.165, 1.54) is 0 Å². The highest BCUT2D eigenvalue weighted by atomic mass is 127.